The zero-order chi connectivity index (χ0) is 23.8. The van der Waals surface area contributed by atoms with Crippen molar-refractivity contribution in [1.29, 1.82) is 0 Å². The van der Waals surface area contributed by atoms with Crippen molar-refractivity contribution in [3.8, 4) is 28.8 Å². The van der Waals surface area contributed by atoms with Gasteiger partial charge in [-0.15, -0.1) is 5.10 Å². The number of nitrogens with one attached hydrogen (secondary N) is 1. The number of anilines is 1. The first-order chi connectivity index (χ1) is 15.8. The molecule has 0 unspecified atom stereocenters. The molecule has 0 fully saturated rings. The van der Waals surface area contributed by atoms with Gasteiger partial charge in [-0.05, 0) is 60.9 Å². The Hall–Kier alpha value is -3.39. The molecule has 0 aliphatic carbocycles. The highest BCUT2D eigenvalue weighted by molar-refractivity contribution is 5.91. The molecule has 0 bridgehead atoms. The van der Waals surface area contributed by atoms with Crippen LogP contribution in [-0.4, -0.2) is 47.6 Å². The van der Waals surface area contributed by atoms with Gasteiger partial charge in [-0.1, -0.05) is 20.8 Å². The lowest BCUT2D eigenvalue weighted by Crippen LogP contribution is -2.19. The second-order valence-corrected chi connectivity index (χ2v) is 8.74. The van der Waals surface area contributed by atoms with E-state index in [0.717, 1.165) is 22.7 Å². The highest BCUT2D eigenvalue weighted by Crippen LogP contribution is 2.26. The van der Waals surface area contributed by atoms with Gasteiger partial charge in [0.05, 0.1) is 19.4 Å². The van der Waals surface area contributed by atoms with Crippen LogP contribution in [-0.2, 0) is 9.53 Å². The first-order valence-corrected chi connectivity index (χ1v) is 11.0. The first kappa shape index (κ1) is 24.3. The molecule has 0 aliphatic rings. The molecule has 0 saturated carbocycles. The van der Waals surface area contributed by atoms with E-state index in [9.17, 15) is 4.79 Å². The van der Waals surface area contributed by atoms with Crippen LogP contribution < -0.4 is 14.8 Å². The van der Waals surface area contributed by atoms with Gasteiger partial charge >= 0.3 is 6.01 Å². The number of ether oxygens (including phenoxy) is 3. The summed E-state index contributed by atoms with van der Waals surface area (Å²) in [6.07, 6.45) is 0.446. The number of rotatable bonds is 10. The number of hydrogen-bond acceptors (Lipinski definition) is 6. The zero-order valence-electron chi connectivity index (χ0n) is 19.9. The Morgan fingerprint density at radius 2 is 1.73 bits per heavy atom. The van der Waals surface area contributed by atoms with E-state index in [2.05, 4.69) is 15.4 Å². The molecule has 0 aliphatic heterocycles. The Morgan fingerprint density at radius 1 is 1.03 bits per heavy atom. The van der Waals surface area contributed by atoms with Crippen LogP contribution >= 0.6 is 0 Å². The first-order valence-electron chi connectivity index (χ1n) is 11.0. The van der Waals surface area contributed by atoms with Crippen molar-refractivity contribution < 1.29 is 19.0 Å². The van der Waals surface area contributed by atoms with Gasteiger partial charge in [-0.2, -0.15) is 4.98 Å². The maximum Gasteiger partial charge on any atom is 0.336 e. The van der Waals surface area contributed by atoms with Gasteiger partial charge in [-0.25, -0.2) is 4.68 Å². The topological polar surface area (TPSA) is 87.5 Å². The number of benzene rings is 2. The van der Waals surface area contributed by atoms with Gasteiger partial charge in [-0.3, -0.25) is 4.79 Å². The standard InChI is InChI=1S/C25H32N4O4/c1-6-32-15-16-33-24-27-23(18-7-13-21(31-5)14-8-18)29(28-24)20-11-9-19(10-12-20)26-22(30)17-25(2,3)4/h7-14H,6,15-17H2,1-5H3,(H,26,30). The molecule has 1 aromatic heterocycles. The van der Waals surface area contributed by atoms with Crippen LogP contribution in [0.15, 0.2) is 48.5 Å². The van der Waals surface area contributed by atoms with E-state index >= 15 is 0 Å². The summed E-state index contributed by atoms with van der Waals surface area (Å²) in [5.74, 6) is 1.38. The van der Waals surface area contributed by atoms with E-state index in [1.165, 1.54) is 0 Å². The minimum Gasteiger partial charge on any atom is -0.497 e. The molecular formula is C25H32N4O4. The number of hydrogen-bond donors (Lipinski definition) is 1. The fourth-order valence-corrected chi connectivity index (χ4v) is 3.17. The average molecular weight is 453 g/mol. The largest absolute Gasteiger partial charge is 0.497 e. The van der Waals surface area contributed by atoms with E-state index in [-0.39, 0.29) is 17.3 Å². The van der Waals surface area contributed by atoms with Gasteiger partial charge in [0.15, 0.2) is 5.82 Å². The Bertz CT molecular complexity index is 1040. The van der Waals surface area contributed by atoms with Crippen molar-refractivity contribution in [2.75, 3.05) is 32.2 Å². The highest BCUT2D eigenvalue weighted by atomic mass is 16.5. The molecule has 2 aromatic carbocycles. The molecule has 0 spiro atoms. The van der Waals surface area contributed by atoms with Crippen LogP contribution in [0.3, 0.4) is 0 Å². The normalized spacial score (nSPS) is 11.3. The molecule has 1 heterocycles. The summed E-state index contributed by atoms with van der Waals surface area (Å²) >= 11 is 0. The summed E-state index contributed by atoms with van der Waals surface area (Å²) in [7, 11) is 1.63. The van der Waals surface area contributed by atoms with Gasteiger partial charge in [0.1, 0.15) is 12.4 Å². The predicted molar refractivity (Wildman–Crippen MR) is 128 cm³/mol. The predicted octanol–water partition coefficient (Wildman–Crippen LogP) is 4.73. The van der Waals surface area contributed by atoms with Crippen molar-refractivity contribution in [2.45, 2.75) is 34.1 Å². The smallest absolute Gasteiger partial charge is 0.336 e. The lowest BCUT2D eigenvalue weighted by molar-refractivity contribution is -0.117. The molecule has 0 radical (unpaired) electrons. The monoisotopic (exact) mass is 452 g/mol. The van der Waals surface area contributed by atoms with Crippen molar-refractivity contribution in [2.24, 2.45) is 5.41 Å². The van der Waals surface area contributed by atoms with Crippen LogP contribution in [0.25, 0.3) is 17.1 Å². The molecular weight excluding hydrogens is 420 g/mol. The highest BCUT2D eigenvalue weighted by Gasteiger charge is 2.17. The minimum atomic E-state index is -0.0728. The Morgan fingerprint density at radius 3 is 2.33 bits per heavy atom. The van der Waals surface area contributed by atoms with Crippen molar-refractivity contribution in [3.05, 3.63) is 48.5 Å². The number of carbonyl (C=O) groups is 1. The molecule has 8 heteroatoms. The maximum absolute atomic E-state index is 12.2. The lowest BCUT2D eigenvalue weighted by atomic mass is 9.92. The third-order valence-electron chi connectivity index (χ3n) is 4.69. The SMILES string of the molecule is CCOCCOc1nc(-c2ccc(OC)cc2)n(-c2ccc(NC(=O)CC(C)(C)C)cc2)n1. The summed E-state index contributed by atoms with van der Waals surface area (Å²) < 4.78 is 18.0. The maximum atomic E-state index is 12.2. The number of aromatic nitrogens is 3. The molecule has 33 heavy (non-hydrogen) atoms. The van der Waals surface area contributed by atoms with Crippen molar-refractivity contribution in [3.63, 3.8) is 0 Å². The molecule has 3 aromatic rings. The third-order valence-corrected chi connectivity index (χ3v) is 4.69. The lowest BCUT2D eigenvalue weighted by Gasteiger charge is -2.17. The van der Waals surface area contributed by atoms with Crippen LogP contribution in [0.1, 0.15) is 34.1 Å². The van der Waals surface area contributed by atoms with Gasteiger partial charge in [0.2, 0.25) is 5.91 Å². The minimum absolute atomic E-state index is 0.0140. The van der Waals surface area contributed by atoms with Crippen molar-refractivity contribution in [1.82, 2.24) is 14.8 Å². The van der Waals surface area contributed by atoms with Gasteiger partial charge < -0.3 is 19.5 Å². The fourth-order valence-electron chi connectivity index (χ4n) is 3.17. The molecule has 1 amide bonds. The van der Waals surface area contributed by atoms with E-state index in [4.69, 9.17) is 14.2 Å². The van der Waals surface area contributed by atoms with E-state index in [1.807, 2.05) is 76.2 Å². The van der Waals surface area contributed by atoms with E-state index in [0.29, 0.717) is 32.1 Å². The summed E-state index contributed by atoms with van der Waals surface area (Å²) in [4.78, 5) is 16.8. The summed E-state index contributed by atoms with van der Waals surface area (Å²) in [6.45, 7) is 9.49. The number of amides is 1. The number of carbonyl (C=O) groups excluding carboxylic acids is 1. The second-order valence-electron chi connectivity index (χ2n) is 8.74. The fraction of sp³-hybridized carbons (Fsp3) is 0.400. The molecule has 0 saturated heterocycles. The Kier molecular flexibility index (Phi) is 8.06. The quantitative estimate of drug-likeness (QED) is 0.447. The van der Waals surface area contributed by atoms with Crippen LogP contribution in [0, 0.1) is 5.41 Å². The van der Waals surface area contributed by atoms with Crippen LogP contribution in [0.2, 0.25) is 0 Å². The second kappa shape index (κ2) is 11.0. The van der Waals surface area contributed by atoms with Gasteiger partial charge in [0, 0.05) is 24.3 Å². The molecule has 0 atom stereocenters. The zero-order valence-corrected chi connectivity index (χ0v) is 19.9. The molecule has 8 nitrogen and oxygen atoms in total. The molecule has 176 valence electrons. The molecule has 3 rings (SSSR count). The Balaban J connectivity index is 1.84. The summed E-state index contributed by atoms with van der Waals surface area (Å²) in [6, 6.07) is 15.3. The summed E-state index contributed by atoms with van der Waals surface area (Å²) in [5.41, 5.74) is 2.32. The van der Waals surface area contributed by atoms with E-state index < -0.39 is 0 Å². The van der Waals surface area contributed by atoms with Gasteiger partial charge in [0.25, 0.3) is 0 Å². The van der Waals surface area contributed by atoms with Crippen LogP contribution in [0.5, 0.6) is 11.8 Å². The number of methoxy groups -OCH3 is 1. The third kappa shape index (κ3) is 7.05. The van der Waals surface area contributed by atoms with Crippen molar-refractivity contribution >= 4 is 11.6 Å². The molecule has 1 N–H and O–H groups in total. The van der Waals surface area contributed by atoms with E-state index in [1.54, 1.807) is 11.8 Å². The average Bonchev–Trinajstić information content (AvgIpc) is 3.20. The summed E-state index contributed by atoms with van der Waals surface area (Å²) in [5, 5.41) is 7.49. The number of nitrogens with zero attached hydrogens (tertiary/aromatic N) is 3. The Labute approximate surface area is 194 Å². The van der Waals surface area contributed by atoms with Crippen LogP contribution in [0.4, 0.5) is 5.69 Å².